The molecular formula is C35H42Cl4N2O10. The SMILES string of the molecule is C=C(C)C(=O)OCCNC(=O)OCCCOc1c(Cl)cc(C(C)(C)c2cc(Cl)c(OCCCOC(=O)NCCOC(=O)C(=C)C)c(Cl)c2)cc1Cl. The van der Waals surface area contributed by atoms with Gasteiger partial charge in [0, 0.05) is 29.4 Å². The molecule has 0 saturated heterocycles. The van der Waals surface area contributed by atoms with Crippen molar-refractivity contribution < 1.29 is 47.6 Å². The smallest absolute Gasteiger partial charge is 0.407 e. The minimum atomic E-state index is -0.658. The van der Waals surface area contributed by atoms with Gasteiger partial charge in [0.15, 0.2) is 11.5 Å². The largest absolute Gasteiger partial charge is 0.490 e. The molecule has 2 rings (SSSR count). The lowest BCUT2D eigenvalue weighted by Crippen LogP contribution is -2.29. The van der Waals surface area contributed by atoms with E-state index in [1.807, 2.05) is 13.8 Å². The van der Waals surface area contributed by atoms with Crippen LogP contribution >= 0.6 is 46.4 Å². The van der Waals surface area contributed by atoms with Crippen LogP contribution in [-0.2, 0) is 34.0 Å². The number of hydrogen-bond acceptors (Lipinski definition) is 10. The van der Waals surface area contributed by atoms with Gasteiger partial charge >= 0.3 is 24.1 Å². The Hall–Kier alpha value is -3.84. The fraction of sp³-hybridized carbons (Fsp3) is 0.429. The summed E-state index contributed by atoms with van der Waals surface area (Å²) in [4.78, 5) is 46.3. The lowest BCUT2D eigenvalue weighted by atomic mass is 9.78. The van der Waals surface area contributed by atoms with Crippen molar-refractivity contribution in [2.45, 2.75) is 46.0 Å². The molecule has 12 nitrogen and oxygen atoms in total. The number of halogens is 4. The van der Waals surface area contributed by atoms with Crippen LogP contribution in [0.3, 0.4) is 0 Å². The number of rotatable bonds is 20. The molecule has 2 amide bonds. The van der Waals surface area contributed by atoms with E-state index in [1.54, 1.807) is 24.3 Å². The zero-order chi connectivity index (χ0) is 38.1. The van der Waals surface area contributed by atoms with Crippen molar-refractivity contribution in [2.75, 3.05) is 52.7 Å². The molecule has 280 valence electrons. The Morgan fingerprint density at radius 2 is 0.922 bits per heavy atom. The topological polar surface area (TPSA) is 148 Å². The number of carbonyl (C=O) groups excluding carboxylic acids is 4. The normalized spacial score (nSPS) is 10.8. The number of nitrogens with one attached hydrogen (secondary N) is 2. The van der Waals surface area contributed by atoms with E-state index in [1.165, 1.54) is 13.8 Å². The first-order valence-corrected chi connectivity index (χ1v) is 17.3. The zero-order valence-corrected chi connectivity index (χ0v) is 31.9. The van der Waals surface area contributed by atoms with Gasteiger partial charge in [0.2, 0.25) is 0 Å². The third kappa shape index (κ3) is 14.7. The fourth-order valence-corrected chi connectivity index (χ4v) is 5.21. The molecule has 0 fully saturated rings. The van der Waals surface area contributed by atoms with Crippen LogP contribution in [0.5, 0.6) is 11.5 Å². The van der Waals surface area contributed by atoms with E-state index in [-0.39, 0.29) is 95.5 Å². The van der Waals surface area contributed by atoms with Crippen molar-refractivity contribution in [1.82, 2.24) is 10.6 Å². The Bertz CT molecular complexity index is 1420. The number of esters is 2. The minimum absolute atomic E-state index is 0.00426. The summed E-state index contributed by atoms with van der Waals surface area (Å²) in [6.45, 7) is 14.6. The second-order valence-electron chi connectivity index (χ2n) is 11.5. The van der Waals surface area contributed by atoms with Crippen LogP contribution in [0.4, 0.5) is 9.59 Å². The molecule has 0 aliphatic heterocycles. The summed E-state index contributed by atoms with van der Waals surface area (Å²) in [6.07, 6.45) is -0.590. The summed E-state index contributed by atoms with van der Waals surface area (Å²) < 4.78 is 31.5. The average Bonchev–Trinajstić information content (AvgIpc) is 3.06. The molecule has 51 heavy (non-hydrogen) atoms. The lowest BCUT2D eigenvalue weighted by molar-refractivity contribution is -0.139. The molecule has 2 aromatic rings. The molecule has 0 atom stereocenters. The Kier molecular flexibility index (Phi) is 18.3. The first-order chi connectivity index (χ1) is 24.0. The van der Waals surface area contributed by atoms with Crippen molar-refractivity contribution in [3.05, 3.63) is 79.8 Å². The highest BCUT2D eigenvalue weighted by Gasteiger charge is 2.28. The number of hydrogen-bond donors (Lipinski definition) is 2. The summed E-state index contributed by atoms with van der Waals surface area (Å²) in [7, 11) is 0. The Morgan fingerprint density at radius 1 is 0.588 bits per heavy atom. The summed E-state index contributed by atoms with van der Waals surface area (Å²) in [5.74, 6) is -0.503. The van der Waals surface area contributed by atoms with Gasteiger partial charge in [-0.25, -0.2) is 19.2 Å². The predicted molar refractivity (Wildman–Crippen MR) is 196 cm³/mol. The van der Waals surface area contributed by atoms with Gasteiger partial charge in [0.1, 0.15) is 13.2 Å². The molecule has 0 heterocycles. The highest BCUT2D eigenvalue weighted by molar-refractivity contribution is 6.38. The summed E-state index contributed by atoms with van der Waals surface area (Å²) in [5.41, 5.74) is 1.42. The maximum absolute atomic E-state index is 11.8. The number of carbonyl (C=O) groups is 4. The third-order valence-corrected chi connectivity index (χ3v) is 8.01. The lowest BCUT2D eigenvalue weighted by Gasteiger charge is -2.28. The molecule has 0 aromatic heterocycles. The standard InChI is InChI=1S/C35H42Cl4N2O10/c1-21(2)31(42)48-15-9-40-33(44)50-13-7-11-46-29-25(36)17-23(18-26(29)37)35(5,6)24-19-27(38)30(28(39)20-24)47-12-8-14-51-34(45)41-10-16-49-32(43)22(3)4/h17-20H,1,3,7-16H2,2,4-6H3,(H,40,44)(H,41,45). The third-order valence-electron chi connectivity index (χ3n) is 6.88. The van der Waals surface area contributed by atoms with Gasteiger partial charge < -0.3 is 39.1 Å². The first-order valence-electron chi connectivity index (χ1n) is 15.8. The van der Waals surface area contributed by atoms with E-state index in [4.69, 9.17) is 74.8 Å². The van der Waals surface area contributed by atoms with Crippen molar-refractivity contribution >= 4 is 70.5 Å². The van der Waals surface area contributed by atoms with Gasteiger partial charge in [-0.05, 0) is 49.2 Å². The van der Waals surface area contributed by atoms with Crippen LogP contribution in [0.1, 0.15) is 51.7 Å². The molecular weight excluding hydrogens is 750 g/mol. The van der Waals surface area contributed by atoms with E-state index >= 15 is 0 Å². The van der Waals surface area contributed by atoms with Gasteiger partial charge in [-0.1, -0.05) is 73.4 Å². The molecule has 0 bridgehead atoms. The van der Waals surface area contributed by atoms with Gasteiger partial charge in [0.05, 0.1) is 59.6 Å². The summed E-state index contributed by atoms with van der Waals surface area (Å²) >= 11 is 26.3. The second kappa shape index (κ2) is 21.5. The maximum atomic E-state index is 11.8. The van der Waals surface area contributed by atoms with Crippen LogP contribution in [0.15, 0.2) is 48.6 Å². The van der Waals surface area contributed by atoms with Crippen molar-refractivity contribution in [2.24, 2.45) is 0 Å². The molecule has 0 radical (unpaired) electrons. The highest BCUT2D eigenvalue weighted by Crippen LogP contribution is 2.43. The quantitative estimate of drug-likeness (QED) is 0.0588. The Morgan fingerprint density at radius 3 is 1.24 bits per heavy atom. The molecule has 16 heteroatoms. The Labute approximate surface area is 317 Å². The maximum Gasteiger partial charge on any atom is 0.407 e. The van der Waals surface area contributed by atoms with Crippen LogP contribution in [0.25, 0.3) is 0 Å². The zero-order valence-electron chi connectivity index (χ0n) is 28.9. The van der Waals surface area contributed by atoms with Crippen molar-refractivity contribution in [3.63, 3.8) is 0 Å². The van der Waals surface area contributed by atoms with Gasteiger partial charge in [-0.15, -0.1) is 0 Å². The fourth-order valence-electron chi connectivity index (χ4n) is 4.02. The average molecular weight is 793 g/mol. The van der Waals surface area contributed by atoms with Crippen LogP contribution in [-0.4, -0.2) is 76.9 Å². The highest BCUT2D eigenvalue weighted by atomic mass is 35.5. The molecule has 0 saturated carbocycles. The number of benzene rings is 2. The number of ether oxygens (including phenoxy) is 6. The number of amides is 2. The van der Waals surface area contributed by atoms with E-state index in [2.05, 4.69) is 23.8 Å². The number of alkyl carbamates (subject to hydrolysis) is 2. The molecule has 0 aliphatic carbocycles. The van der Waals surface area contributed by atoms with Gasteiger partial charge in [-0.3, -0.25) is 0 Å². The molecule has 0 unspecified atom stereocenters. The van der Waals surface area contributed by atoms with Crippen LogP contribution < -0.4 is 20.1 Å². The monoisotopic (exact) mass is 790 g/mol. The van der Waals surface area contributed by atoms with E-state index in [0.717, 1.165) is 11.1 Å². The second-order valence-corrected chi connectivity index (χ2v) is 13.2. The van der Waals surface area contributed by atoms with E-state index < -0.39 is 29.5 Å². The Balaban J connectivity index is 1.84. The van der Waals surface area contributed by atoms with Gasteiger partial charge in [-0.2, -0.15) is 0 Å². The summed E-state index contributed by atoms with van der Waals surface area (Å²) in [5, 5.41) is 6.08. The molecule has 2 aromatic carbocycles. The van der Waals surface area contributed by atoms with Crippen molar-refractivity contribution in [1.29, 1.82) is 0 Å². The van der Waals surface area contributed by atoms with E-state index in [0.29, 0.717) is 12.8 Å². The molecule has 0 spiro atoms. The van der Waals surface area contributed by atoms with Gasteiger partial charge in [0.25, 0.3) is 0 Å². The van der Waals surface area contributed by atoms with Crippen LogP contribution in [0.2, 0.25) is 20.1 Å². The molecule has 2 N–H and O–H groups in total. The van der Waals surface area contributed by atoms with Crippen molar-refractivity contribution in [3.8, 4) is 11.5 Å². The first kappa shape index (κ1) is 43.3. The van der Waals surface area contributed by atoms with Crippen LogP contribution in [0, 0.1) is 0 Å². The summed E-state index contributed by atoms with van der Waals surface area (Å²) in [6, 6.07) is 6.96. The molecule has 0 aliphatic rings. The minimum Gasteiger partial charge on any atom is -0.490 e. The predicted octanol–water partition coefficient (Wildman–Crippen LogP) is 7.85. The van der Waals surface area contributed by atoms with E-state index in [9.17, 15) is 19.2 Å².